The van der Waals surface area contributed by atoms with E-state index in [-0.39, 0.29) is 17.3 Å². The second-order valence-corrected chi connectivity index (χ2v) is 7.73. The van der Waals surface area contributed by atoms with E-state index in [1.807, 2.05) is 12.1 Å². The summed E-state index contributed by atoms with van der Waals surface area (Å²) in [7, 11) is 3.01. The van der Waals surface area contributed by atoms with Crippen molar-refractivity contribution in [3.05, 3.63) is 102 Å². The van der Waals surface area contributed by atoms with Gasteiger partial charge in [-0.3, -0.25) is 9.59 Å². The summed E-state index contributed by atoms with van der Waals surface area (Å²) in [6.07, 6.45) is 2.99. The average Bonchev–Trinajstić information content (AvgIpc) is 3.35. The molecule has 0 unspecified atom stereocenters. The number of hydrogen-bond acceptors (Lipinski definition) is 5. The van der Waals surface area contributed by atoms with Crippen LogP contribution in [0.1, 0.15) is 26.4 Å². The normalized spacial score (nSPS) is 10.6. The van der Waals surface area contributed by atoms with Crippen molar-refractivity contribution in [1.29, 1.82) is 0 Å². The van der Waals surface area contributed by atoms with Crippen LogP contribution in [0.3, 0.4) is 0 Å². The van der Waals surface area contributed by atoms with Crippen molar-refractivity contribution < 1.29 is 27.8 Å². The molecule has 10 heteroatoms. The lowest BCUT2D eigenvalue weighted by atomic mass is 10.1. The van der Waals surface area contributed by atoms with Crippen molar-refractivity contribution in [3.63, 3.8) is 0 Å². The first-order chi connectivity index (χ1) is 17.4. The highest BCUT2D eigenvalue weighted by atomic mass is 19.1. The Hall–Kier alpha value is -4.73. The van der Waals surface area contributed by atoms with Crippen molar-refractivity contribution in [2.45, 2.75) is 6.54 Å². The van der Waals surface area contributed by atoms with Gasteiger partial charge in [0.05, 0.1) is 31.8 Å². The molecule has 184 valence electrons. The van der Waals surface area contributed by atoms with E-state index in [4.69, 9.17) is 9.47 Å². The molecule has 3 aromatic carbocycles. The van der Waals surface area contributed by atoms with E-state index in [2.05, 4.69) is 15.6 Å². The molecule has 0 saturated carbocycles. The molecule has 8 nitrogen and oxygen atoms in total. The van der Waals surface area contributed by atoms with Crippen molar-refractivity contribution in [1.82, 2.24) is 9.55 Å². The summed E-state index contributed by atoms with van der Waals surface area (Å²) in [6.45, 7) is 0.408. The Labute approximate surface area is 205 Å². The first-order valence-electron chi connectivity index (χ1n) is 10.8. The van der Waals surface area contributed by atoms with E-state index >= 15 is 0 Å². The molecule has 4 aromatic rings. The van der Waals surface area contributed by atoms with E-state index in [0.717, 1.165) is 17.7 Å². The standard InChI is InChI=1S/C26H22F2N4O4/c1-35-19-8-9-20(24(12-19)36-2)25(33)30-18-6-3-16(4-7-18)13-32-14-23(29-15-32)26(34)31-22-10-5-17(27)11-21(22)28/h3-12,14-15H,13H2,1-2H3,(H,30,33)(H,31,34). The van der Waals surface area contributed by atoms with Gasteiger partial charge in [-0.05, 0) is 42.0 Å². The molecule has 0 aliphatic heterocycles. The second kappa shape index (κ2) is 10.7. The number of nitrogens with one attached hydrogen (secondary N) is 2. The fourth-order valence-electron chi connectivity index (χ4n) is 3.43. The van der Waals surface area contributed by atoms with E-state index in [9.17, 15) is 18.4 Å². The fourth-order valence-corrected chi connectivity index (χ4v) is 3.43. The number of benzene rings is 3. The van der Waals surface area contributed by atoms with Crippen LogP contribution in [-0.4, -0.2) is 35.6 Å². The number of carbonyl (C=O) groups is 2. The number of amides is 2. The Morgan fingerprint density at radius 1 is 0.917 bits per heavy atom. The Morgan fingerprint density at radius 3 is 2.39 bits per heavy atom. The van der Waals surface area contributed by atoms with Crippen LogP contribution < -0.4 is 20.1 Å². The van der Waals surface area contributed by atoms with Gasteiger partial charge in [0.15, 0.2) is 0 Å². The van der Waals surface area contributed by atoms with Crippen molar-refractivity contribution in [2.24, 2.45) is 0 Å². The number of halogens is 2. The minimum Gasteiger partial charge on any atom is -0.497 e. The van der Waals surface area contributed by atoms with Gasteiger partial charge in [-0.15, -0.1) is 0 Å². The number of ether oxygens (including phenoxy) is 2. The molecule has 0 atom stereocenters. The molecular weight excluding hydrogens is 470 g/mol. The zero-order chi connectivity index (χ0) is 25.7. The molecule has 2 N–H and O–H groups in total. The number of rotatable bonds is 8. The maximum Gasteiger partial charge on any atom is 0.275 e. The van der Waals surface area contributed by atoms with Gasteiger partial charge in [0, 0.05) is 30.6 Å². The first kappa shape index (κ1) is 24.4. The summed E-state index contributed by atoms with van der Waals surface area (Å²) in [6, 6.07) is 15.0. The molecular formula is C26H22F2N4O4. The molecule has 0 aliphatic carbocycles. The molecule has 1 aromatic heterocycles. The van der Waals surface area contributed by atoms with Gasteiger partial charge in [-0.2, -0.15) is 0 Å². The maximum atomic E-state index is 13.8. The van der Waals surface area contributed by atoms with Crippen LogP contribution in [0, 0.1) is 11.6 Å². The highest BCUT2D eigenvalue weighted by molar-refractivity contribution is 6.06. The summed E-state index contributed by atoms with van der Waals surface area (Å²) in [5.41, 5.74) is 1.79. The summed E-state index contributed by atoms with van der Waals surface area (Å²) >= 11 is 0. The van der Waals surface area contributed by atoms with Crippen LogP contribution >= 0.6 is 0 Å². The maximum absolute atomic E-state index is 13.8. The highest BCUT2D eigenvalue weighted by Crippen LogP contribution is 2.25. The SMILES string of the molecule is COc1ccc(C(=O)Nc2ccc(Cn3cnc(C(=O)Nc4ccc(F)cc4F)c3)cc2)c(OC)c1. The number of imidazole rings is 1. The van der Waals surface area contributed by atoms with E-state index < -0.39 is 17.5 Å². The minimum atomic E-state index is -0.875. The lowest BCUT2D eigenvalue weighted by molar-refractivity contribution is 0.101. The van der Waals surface area contributed by atoms with Crippen molar-refractivity contribution >= 4 is 23.2 Å². The molecule has 2 amide bonds. The predicted octanol–water partition coefficient (Wildman–Crippen LogP) is 4.73. The van der Waals surface area contributed by atoms with Crippen molar-refractivity contribution in [2.75, 3.05) is 24.9 Å². The summed E-state index contributed by atoms with van der Waals surface area (Å²) in [5, 5.41) is 5.20. The topological polar surface area (TPSA) is 94.5 Å². The van der Waals surface area contributed by atoms with Crippen molar-refractivity contribution in [3.8, 4) is 11.5 Å². The van der Waals surface area contributed by atoms with Crippen LogP contribution in [0.15, 0.2) is 73.2 Å². The molecule has 1 heterocycles. The zero-order valence-electron chi connectivity index (χ0n) is 19.4. The first-order valence-corrected chi connectivity index (χ1v) is 10.8. The number of nitrogens with zero attached hydrogens (tertiary/aromatic N) is 2. The van der Waals surface area contributed by atoms with Gasteiger partial charge in [0.25, 0.3) is 11.8 Å². The summed E-state index contributed by atoms with van der Waals surface area (Å²) in [4.78, 5) is 29.1. The van der Waals surface area contributed by atoms with E-state index in [1.165, 1.54) is 26.7 Å². The Morgan fingerprint density at radius 2 is 1.69 bits per heavy atom. The second-order valence-electron chi connectivity index (χ2n) is 7.73. The summed E-state index contributed by atoms with van der Waals surface area (Å²) < 4.78 is 38.9. The lowest BCUT2D eigenvalue weighted by Gasteiger charge is -2.11. The molecule has 4 rings (SSSR count). The molecule has 0 spiro atoms. The quantitative estimate of drug-likeness (QED) is 0.371. The molecule has 0 aliphatic rings. The Bertz CT molecular complexity index is 1400. The van der Waals surface area contributed by atoms with E-state index in [1.54, 1.807) is 34.9 Å². The number of anilines is 2. The average molecular weight is 492 g/mol. The predicted molar refractivity (Wildman–Crippen MR) is 130 cm³/mol. The third kappa shape index (κ3) is 5.66. The smallest absolute Gasteiger partial charge is 0.275 e. The van der Waals surface area contributed by atoms with Gasteiger partial charge in [0.2, 0.25) is 0 Å². The number of carbonyl (C=O) groups excluding carboxylic acids is 2. The van der Waals surface area contributed by atoms with Crippen LogP contribution in [0.2, 0.25) is 0 Å². The molecule has 0 fully saturated rings. The largest absolute Gasteiger partial charge is 0.497 e. The molecule has 0 radical (unpaired) electrons. The summed E-state index contributed by atoms with van der Waals surface area (Å²) in [5.74, 6) is -1.58. The van der Waals surface area contributed by atoms with Gasteiger partial charge in [-0.25, -0.2) is 13.8 Å². The molecule has 0 saturated heterocycles. The monoisotopic (exact) mass is 492 g/mol. The van der Waals surface area contributed by atoms with Gasteiger partial charge in [-0.1, -0.05) is 12.1 Å². The molecule has 0 bridgehead atoms. The minimum absolute atomic E-state index is 0.0797. The van der Waals surface area contributed by atoms with Gasteiger partial charge < -0.3 is 24.7 Å². The third-order valence-electron chi connectivity index (χ3n) is 5.28. The van der Waals surface area contributed by atoms with Gasteiger partial charge >= 0.3 is 0 Å². The van der Waals surface area contributed by atoms with Crippen LogP contribution in [-0.2, 0) is 6.54 Å². The van der Waals surface area contributed by atoms with Gasteiger partial charge in [0.1, 0.15) is 28.8 Å². The lowest BCUT2D eigenvalue weighted by Crippen LogP contribution is -2.13. The Kier molecular flexibility index (Phi) is 7.24. The van der Waals surface area contributed by atoms with Crippen LogP contribution in [0.25, 0.3) is 0 Å². The van der Waals surface area contributed by atoms with E-state index in [0.29, 0.717) is 35.4 Å². The number of methoxy groups -OCH3 is 2. The number of aromatic nitrogens is 2. The highest BCUT2D eigenvalue weighted by Gasteiger charge is 2.15. The van der Waals surface area contributed by atoms with Crippen LogP contribution in [0.4, 0.5) is 20.2 Å². The fraction of sp³-hybridized carbons (Fsp3) is 0.115. The third-order valence-corrected chi connectivity index (χ3v) is 5.28. The molecule has 36 heavy (non-hydrogen) atoms. The Balaban J connectivity index is 1.37. The number of hydrogen-bond donors (Lipinski definition) is 2. The zero-order valence-corrected chi connectivity index (χ0v) is 19.4. The van der Waals surface area contributed by atoms with Crippen LogP contribution in [0.5, 0.6) is 11.5 Å².